The quantitative estimate of drug-likeness (QED) is 0.778. The Hall–Kier alpha value is -1.39. The molecule has 4 nitrogen and oxygen atoms in total. The Morgan fingerprint density at radius 2 is 2.05 bits per heavy atom. The van der Waals surface area contributed by atoms with Gasteiger partial charge in [0, 0.05) is 38.3 Å². The van der Waals surface area contributed by atoms with E-state index in [0.717, 1.165) is 56.8 Å². The molecule has 1 fully saturated rings. The van der Waals surface area contributed by atoms with Crippen LogP contribution in [0.15, 0.2) is 24.3 Å². The van der Waals surface area contributed by atoms with Crippen LogP contribution in [0.25, 0.3) is 0 Å². The normalized spacial score (nSPS) is 16.3. The summed E-state index contributed by atoms with van der Waals surface area (Å²) in [6, 6.07) is 7.70. The molecule has 1 amide bonds. The second kappa shape index (κ2) is 7.26. The fourth-order valence-corrected chi connectivity index (χ4v) is 2.36. The average molecular weight is 261 g/mol. The fourth-order valence-electron chi connectivity index (χ4n) is 2.36. The van der Waals surface area contributed by atoms with Gasteiger partial charge in [0.15, 0.2) is 0 Å². The number of nitrogens with one attached hydrogen (secondary N) is 2. The van der Waals surface area contributed by atoms with Crippen molar-refractivity contribution < 1.29 is 4.79 Å². The molecular formula is C15H23N3O. The van der Waals surface area contributed by atoms with Crippen LogP contribution in [0.4, 0.5) is 0 Å². The summed E-state index contributed by atoms with van der Waals surface area (Å²) in [5.74, 6) is 0.0402. The molecule has 0 spiro atoms. The molecule has 0 aliphatic carbocycles. The second-order valence-corrected chi connectivity index (χ2v) is 5.02. The standard InChI is InChI=1S/C15H23N3O/c1-13-5-2-3-6-14(13)15(19)17-7-4-10-18-11-8-16-9-12-18/h2-3,5-6,16H,4,7-12H2,1H3,(H,17,19). The Morgan fingerprint density at radius 1 is 1.32 bits per heavy atom. The van der Waals surface area contributed by atoms with Crippen molar-refractivity contribution >= 4 is 5.91 Å². The largest absolute Gasteiger partial charge is 0.352 e. The summed E-state index contributed by atoms with van der Waals surface area (Å²) in [5.41, 5.74) is 1.81. The van der Waals surface area contributed by atoms with Crippen molar-refractivity contribution in [2.24, 2.45) is 0 Å². The van der Waals surface area contributed by atoms with Crippen LogP contribution in [-0.4, -0.2) is 50.1 Å². The highest BCUT2D eigenvalue weighted by Crippen LogP contribution is 2.06. The van der Waals surface area contributed by atoms with Gasteiger partial charge in [-0.3, -0.25) is 4.79 Å². The lowest BCUT2D eigenvalue weighted by Gasteiger charge is -2.27. The van der Waals surface area contributed by atoms with Crippen LogP contribution < -0.4 is 10.6 Å². The maximum atomic E-state index is 12.0. The predicted octanol–water partition coefficient (Wildman–Crippen LogP) is 1.02. The third kappa shape index (κ3) is 4.33. The van der Waals surface area contributed by atoms with Crippen LogP contribution in [0.2, 0.25) is 0 Å². The number of hydrogen-bond acceptors (Lipinski definition) is 3. The van der Waals surface area contributed by atoms with E-state index in [0.29, 0.717) is 0 Å². The molecule has 2 N–H and O–H groups in total. The lowest BCUT2D eigenvalue weighted by atomic mass is 10.1. The number of carbonyl (C=O) groups excluding carboxylic acids is 1. The number of aryl methyl sites for hydroxylation is 1. The van der Waals surface area contributed by atoms with Crippen LogP contribution in [-0.2, 0) is 0 Å². The van der Waals surface area contributed by atoms with E-state index in [1.165, 1.54) is 0 Å². The van der Waals surface area contributed by atoms with E-state index in [2.05, 4.69) is 15.5 Å². The highest BCUT2D eigenvalue weighted by Gasteiger charge is 2.10. The molecule has 0 bridgehead atoms. The molecule has 2 rings (SSSR count). The Balaban J connectivity index is 1.68. The van der Waals surface area contributed by atoms with Gasteiger partial charge in [0.05, 0.1) is 0 Å². The topological polar surface area (TPSA) is 44.4 Å². The molecule has 1 aliphatic rings. The smallest absolute Gasteiger partial charge is 0.251 e. The minimum atomic E-state index is 0.0402. The number of amides is 1. The van der Waals surface area contributed by atoms with Gasteiger partial charge in [-0.2, -0.15) is 0 Å². The summed E-state index contributed by atoms with van der Waals surface area (Å²) in [6.45, 7) is 8.17. The number of hydrogen-bond donors (Lipinski definition) is 2. The summed E-state index contributed by atoms with van der Waals surface area (Å²) in [4.78, 5) is 14.4. The molecule has 1 heterocycles. The lowest BCUT2D eigenvalue weighted by Crippen LogP contribution is -2.44. The minimum absolute atomic E-state index is 0.0402. The molecule has 0 unspecified atom stereocenters. The van der Waals surface area contributed by atoms with Gasteiger partial charge in [0.1, 0.15) is 0 Å². The van der Waals surface area contributed by atoms with Crippen molar-refractivity contribution in [2.45, 2.75) is 13.3 Å². The van der Waals surface area contributed by atoms with Crippen molar-refractivity contribution in [3.63, 3.8) is 0 Å². The van der Waals surface area contributed by atoms with Gasteiger partial charge in [-0.05, 0) is 31.5 Å². The SMILES string of the molecule is Cc1ccccc1C(=O)NCCCN1CCNCC1. The summed E-state index contributed by atoms with van der Waals surface area (Å²) >= 11 is 0. The molecule has 104 valence electrons. The fraction of sp³-hybridized carbons (Fsp3) is 0.533. The lowest BCUT2D eigenvalue weighted by molar-refractivity contribution is 0.0950. The zero-order valence-electron chi connectivity index (χ0n) is 11.6. The number of carbonyl (C=O) groups is 1. The van der Waals surface area contributed by atoms with Crippen molar-refractivity contribution in [3.05, 3.63) is 35.4 Å². The van der Waals surface area contributed by atoms with Gasteiger partial charge < -0.3 is 15.5 Å². The molecule has 1 aromatic carbocycles. The Morgan fingerprint density at radius 3 is 2.79 bits per heavy atom. The predicted molar refractivity (Wildman–Crippen MR) is 77.4 cm³/mol. The van der Waals surface area contributed by atoms with Crippen LogP contribution in [0, 0.1) is 6.92 Å². The zero-order valence-corrected chi connectivity index (χ0v) is 11.6. The number of nitrogens with zero attached hydrogens (tertiary/aromatic N) is 1. The molecule has 0 atom stereocenters. The third-order valence-electron chi connectivity index (χ3n) is 3.54. The molecule has 4 heteroatoms. The van der Waals surface area contributed by atoms with Crippen LogP contribution in [0.3, 0.4) is 0 Å². The first-order valence-electron chi connectivity index (χ1n) is 7.04. The third-order valence-corrected chi connectivity index (χ3v) is 3.54. The van der Waals surface area contributed by atoms with E-state index in [1.54, 1.807) is 0 Å². The van der Waals surface area contributed by atoms with Crippen LogP contribution >= 0.6 is 0 Å². The molecule has 1 saturated heterocycles. The maximum absolute atomic E-state index is 12.0. The van der Waals surface area contributed by atoms with E-state index in [-0.39, 0.29) is 5.91 Å². The molecule has 0 saturated carbocycles. The summed E-state index contributed by atoms with van der Waals surface area (Å²) in [6.07, 6.45) is 1.01. The van der Waals surface area contributed by atoms with Crippen LogP contribution in [0.1, 0.15) is 22.3 Å². The van der Waals surface area contributed by atoms with E-state index >= 15 is 0 Å². The number of rotatable bonds is 5. The second-order valence-electron chi connectivity index (χ2n) is 5.02. The van der Waals surface area contributed by atoms with Gasteiger partial charge in [-0.15, -0.1) is 0 Å². The van der Waals surface area contributed by atoms with Gasteiger partial charge in [0.25, 0.3) is 5.91 Å². The molecule has 0 aromatic heterocycles. The average Bonchev–Trinajstić information content (AvgIpc) is 2.45. The first-order chi connectivity index (χ1) is 9.27. The van der Waals surface area contributed by atoms with Crippen LogP contribution in [0.5, 0.6) is 0 Å². The Kier molecular flexibility index (Phi) is 5.36. The molecule has 1 aromatic rings. The zero-order chi connectivity index (χ0) is 13.5. The monoisotopic (exact) mass is 261 g/mol. The van der Waals surface area contributed by atoms with Gasteiger partial charge in [0.2, 0.25) is 0 Å². The van der Waals surface area contributed by atoms with Crippen molar-refractivity contribution in [1.82, 2.24) is 15.5 Å². The summed E-state index contributed by atoms with van der Waals surface area (Å²) < 4.78 is 0. The highest BCUT2D eigenvalue weighted by atomic mass is 16.1. The first kappa shape index (κ1) is 14.0. The van der Waals surface area contributed by atoms with Gasteiger partial charge in [-0.1, -0.05) is 18.2 Å². The molecule has 19 heavy (non-hydrogen) atoms. The minimum Gasteiger partial charge on any atom is -0.352 e. The van der Waals surface area contributed by atoms with Crippen molar-refractivity contribution in [1.29, 1.82) is 0 Å². The maximum Gasteiger partial charge on any atom is 0.251 e. The van der Waals surface area contributed by atoms with Gasteiger partial charge in [-0.25, -0.2) is 0 Å². The first-order valence-corrected chi connectivity index (χ1v) is 7.04. The Labute approximate surface area is 115 Å². The van der Waals surface area contributed by atoms with Crippen molar-refractivity contribution in [3.8, 4) is 0 Å². The highest BCUT2D eigenvalue weighted by molar-refractivity contribution is 5.95. The van der Waals surface area contributed by atoms with Gasteiger partial charge >= 0.3 is 0 Å². The molecule has 1 aliphatic heterocycles. The van der Waals surface area contributed by atoms with Crippen molar-refractivity contribution in [2.75, 3.05) is 39.3 Å². The summed E-state index contributed by atoms with van der Waals surface area (Å²) in [5, 5.41) is 6.34. The van der Waals surface area contributed by atoms with E-state index in [1.807, 2.05) is 31.2 Å². The van der Waals surface area contributed by atoms with E-state index in [4.69, 9.17) is 0 Å². The number of benzene rings is 1. The van der Waals surface area contributed by atoms with E-state index < -0.39 is 0 Å². The Bertz CT molecular complexity index is 414. The molecular weight excluding hydrogens is 238 g/mol. The molecule has 0 radical (unpaired) electrons. The number of piperazine rings is 1. The van der Waals surface area contributed by atoms with E-state index in [9.17, 15) is 4.79 Å². The summed E-state index contributed by atoms with van der Waals surface area (Å²) in [7, 11) is 0.